The van der Waals surface area contributed by atoms with Crippen LogP contribution in [0.25, 0.3) is 11.3 Å². The average molecular weight is 232 g/mol. The molecule has 0 amide bonds. The number of rotatable bonds is 1. The van der Waals surface area contributed by atoms with E-state index in [1.54, 1.807) is 6.07 Å². The van der Waals surface area contributed by atoms with Crippen molar-refractivity contribution in [2.45, 2.75) is 13.8 Å². The van der Waals surface area contributed by atoms with Gasteiger partial charge in [0.15, 0.2) is 23.1 Å². The molecule has 2 heterocycles. The molecule has 2 N–H and O–H groups in total. The first-order chi connectivity index (χ1) is 8.16. The topological polar surface area (TPSA) is 70.5 Å². The largest absolute Gasteiger partial charge is 0.454 e. The van der Waals surface area contributed by atoms with Crippen LogP contribution in [0, 0.1) is 13.8 Å². The molecule has 2 aromatic rings. The summed E-state index contributed by atoms with van der Waals surface area (Å²) in [5.74, 6) is 2.55. The maximum atomic E-state index is 5.56. The minimum absolute atomic E-state index is 0.262. The minimum Gasteiger partial charge on any atom is -0.454 e. The molecule has 3 rings (SSSR count). The Labute approximate surface area is 98.1 Å². The van der Waals surface area contributed by atoms with E-state index in [-0.39, 0.29) is 6.79 Å². The Balaban J connectivity index is 2.21. The minimum atomic E-state index is 0.262. The third-order valence-electron chi connectivity index (χ3n) is 3.02. The fraction of sp³-hybridized carbons (Fsp3) is 0.250. The second-order valence-electron chi connectivity index (χ2n) is 4.02. The zero-order valence-electron chi connectivity index (χ0n) is 9.61. The van der Waals surface area contributed by atoms with Crippen LogP contribution in [0.4, 0.5) is 5.82 Å². The van der Waals surface area contributed by atoms with Crippen molar-refractivity contribution in [1.29, 1.82) is 0 Å². The maximum absolute atomic E-state index is 5.56. The SMILES string of the molecule is Cc1c(-c2cc(N)no2)cc2c(c1C)OCO2. The van der Waals surface area contributed by atoms with Gasteiger partial charge in [-0.05, 0) is 31.0 Å². The third kappa shape index (κ3) is 1.43. The zero-order chi connectivity index (χ0) is 12.0. The molecule has 5 heteroatoms. The molecule has 0 spiro atoms. The predicted molar refractivity (Wildman–Crippen MR) is 61.9 cm³/mol. The predicted octanol–water partition coefficient (Wildman–Crippen LogP) is 2.27. The van der Waals surface area contributed by atoms with E-state index < -0.39 is 0 Å². The standard InChI is InChI=1S/C12H12N2O3/c1-6-7(2)12-10(15-5-16-12)3-8(6)9-4-11(13)14-17-9/h3-4H,5H2,1-2H3,(H2,13,14). The van der Waals surface area contributed by atoms with Gasteiger partial charge in [0.2, 0.25) is 6.79 Å². The molecule has 1 aliphatic heterocycles. The van der Waals surface area contributed by atoms with Crippen LogP contribution in [-0.4, -0.2) is 11.9 Å². The van der Waals surface area contributed by atoms with Crippen LogP contribution in [0.3, 0.4) is 0 Å². The third-order valence-corrected chi connectivity index (χ3v) is 3.02. The van der Waals surface area contributed by atoms with Crippen molar-refractivity contribution in [1.82, 2.24) is 5.16 Å². The van der Waals surface area contributed by atoms with Crippen LogP contribution in [0.1, 0.15) is 11.1 Å². The molecular weight excluding hydrogens is 220 g/mol. The summed E-state index contributed by atoms with van der Waals surface area (Å²) in [6.07, 6.45) is 0. The number of fused-ring (bicyclic) bond motifs is 1. The van der Waals surface area contributed by atoms with E-state index in [9.17, 15) is 0 Å². The molecule has 0 bridgehead atoms. The molecule has 0 radical (unpaired) electrons. The maximum Gasteiger partial charge on any atom is 0.231 e. The molecule has 17 heavy (non-hydrogen) atoms. The Morgan fingerprint density at radius 2 is 2.00 bits per heavy atom. The summed E-state index contributed by atoms with van der Waals surface area (Å²) in [7, 11) is 0. The lowest BCUT2D eigenvalue weighted by atomic mass is 10.00. The fourth-order valence-electron chi connectivity index (χ4n) is 1.97. The van der Waals surface area contributed by atoms with Gasteiger partial charge in [-0.15, -0.1) is 0 Å². The van der Waals surface area contributed by atoms with Gasteiger partial charge in [-0.1, -0.05) is 5.16 Å². The number of anilines is 1. The summed E-state index contributed by atoms with van der Waals surface area (Å²) in [4.78, 5) is 0. The number of aromatic nitrogens is 1. The van der Waals surface area contributed by atoms with Crippen LogP contribution in [0.15, 0.2) is 16.7 Å². The van der Waals surface area contributed by atoms with Gasteiger partial charge in [0.05, 0.1) is 0 Å². The summed E-state index contributed by atoms with van der Waals surface area (Å²) < 4.78 is 16.0. The van der Waals surface area contributed by atoms with Gasteiger partial charge < -0.3 is 19.7 Å². The highest BCUT2D eigenvalue weighted by Crippen LogP contribution is 2.42. The average Bonchev–Trinajstić information content (AvgIpc) is 2.91. The summed E-state index contributed by atoms with van der Waals surface area (Å²) >= 11 is 0. The Hall–Kier alpha value is -2.17. The Morgan fingerprint density at radius 3 is 2.71 bits per heavy atom. The van der Waals surface area contributed by atoms with Crippen LogP contribution < -0.4 is 15.2 Å². The fourth-order valence-corrected chi connectivity index (χ4v) is 1.97. The molecule has 0 fully saturated rings. The first kappa shape index (κ1) is 10.0. The van der Waals surface area contributed by atoms with Gasteiger partial charge in [0.25, 0.3) is 0 Å². The summed E-state index contributed by atoms with van der Waals surface area (Å²) in [6.45, 7) is 4.26. The van der Waals surface area contributed by atoms with E-state index in [2.05, 4.69) is 5.16 Å². The summed E-state index contributed by atoms with van der Waals surface area (Å²) in [5, 5.41) is 3.69. The first-order valence-electron chi connectivity index (χ1n) is 5.29. The van der Waals surface area contributed by atoms with E-state index in [1.807, 2.05) is 19.9 Å². The molecule has 88 valence electrons. The number of ether oxygens (including phenoxy) is 2. The second kappa shape index (κ2) is 3.41. The molecule has 0 unspecified atom stereocenters. The first-order valence-corrected chi connectivity index (χ1v) is 5.29. The van der Waals surface area contributed by atoms with Crippen molar-refractivity contribution in [2.24, 2.45) is 0 Å². The molecular formula is C12H12N2O3. The summed E-state index contributed by atoms with van der Waals surface area (Å²) in [6, 6.07) is 3.59. The molecule has 0 saturated carbocycles. The smallest absolute Gasteiger partial charge is 0.231 e. The van der Waals surface area contributed by atoms with Crippen molar-refractivity contribution < 1.29 is 14.0 Å². The van der Waals surface area contributed by atoms with Crippen molar-refractivity contribution in [3.63, 3.8) is 0 Å². The van der Waals surface area contributed by atoms with Crippen molar-refractivity contribution >= 4 is 5.82 Å². The highest BCUT2D eigenvalue weighted by atomic mass is 16.7. The van der Waals surface area contributed by atoms with Crippen LogP contribution >= 0.6 is 0 Å². The monoisotopic (exact) mass is 232 g/mol. The van der Waals surface area contributed by atoms with E-state index in [0.29, 0.717) is 11.6 Å². The normalized spacial score (nSPS) is 13.1. The van der Waals surface area contributed by atoms with Gasteiger partial charge in [0.1, 0.15) is 0 Å². The lowest BCUT2D eigenvalue weighted by Crippen LogP contribution is -1.93. The van der Waals surface area contributed by atoms with Gasteiger partial charge in [0, 0.05) is 11.6 Å². The van der Waals surface area contributed by atoms with Gasteiger partial charge in [-0.3, -0.25) is 0 Å². The lowest BCUT2D eigenvalue weighted by Gasteiger charge is -2.08. The van der Waals surface area contributed by atoms with E-state index in [1.165, 1.54) is 0 Å². The Bertz CT molecular complexity index is 590. The Morgan fingerprint density at radius 1 is 1.18 bits per heavy atom. The molecule has 1 aliphatic rings. The molecule has 5 nitrogen and oxygen atoms in total. The molecule has 0 atom stereocenters. The van der Waals surface area contributed by atoms with Crippen molar-refractivity contribution in [2.75, 3.05) is 12.5 Å². The second-order valence-corrected chi connectivity index (χ2v) is 4.02. The van der Waals surface area contributed by atoms with E-state index in [4.69, 9.17) is 19.7 Å². The zero-order valence-corrected chi connectivity index (χ0v) is 9.61. The molecule has 1 aromatic heterocycles. The van der Waals surface area contributed by atoms with E-state index in [0.717, 1.165) is 28.2 Å². The van der Waals surface area contributed by atoms with Crippen LogP contribution in [-0.2, 0) is 0 Å². The number of nitrogens with zero attached hydrogens (tertiary/aromatic N) is 1. The van der Waals surface area contributed by atoms with Crippen LogP contribution in [0.5, 0.6) is 11.5 Å². The number of hydrogen-bond acceptors (Lipinski definition) is 5. The van der Waals surface area contributed by atoms with Crippen molar-refractivity contribution in [3.05, 3.63) is 23.3 Å². The van der Waals surface area contributed by atoms with Crippen LogP contribution in [0.2, 0.25) is 0 Å². The molecule has 0 aliphatic carbocycles. The molecule has 0 saturated heterocycles. The van der Waals surface area contributed by atoms with Gasteiger partial charge in [-0.25, -0.2) is 0 Å². The number of hydrogen-bond donors (Lipinski definition) is 1. The quantitative estimate of drug-likeness (QED) is 0.816. The lowest BCUT2D eigenvalue weighted by molar-refractivity contribution is 0.173. The molecule has 1 aromatic carbocycles. The number of nitrogens with two attached hydrogens (primary N) is 1. The highest BCUT2D eigenvalue weighted by Gasteiger charge is 2.22. The van der Waals surface area contributed by atoms with Gasteiger partial charge in [-0.2, -0.15) is 0 Å². The Kier molecular flexibility index (Phi) is 2.01. The number of nitrogen functional groups attached to an aromatic ring is 1. The van der Waals surface area contributed by atoms with Crippen molar-refractivity contribution in [3.8, 4) is 22.8 Å². The summed E-state index contributed by atoms with van der Waals surface area (Å²) in [5.41, 5.74) is 8.60. The van der Waals surface area contributed by atoms with E-state index >= 15 is 0 Å². The van der Waals surface area contributed by atoms with Gasteiger partial charge >= 0.3 is 0 Å². The highest BCUT2D eigenvalue weighted by molar-refractivity contribution is 5.71. The number of benzene rings is 1.